The van der Waals surface area contributed by atoms with Crippen LogP contribution in [-0.4, -0.2) is 22.6 Å². The van der Waals surface area contributed by atoms with Gasteiger partial charge in [0.05, 0.1) is 13.0 Å². The third kappa shape index (κ3) is 6.59. The van der Waals surface area contributed by atoms with Crippen molar-refractivity contribution in [3.8, 4) is 0 Å². The van der Waals surface area contributed by atoms with Crippen molar-refractivity contribution < 1.29 is 13.6 Å². The fraction of sp³-hybridized carbons (Fsp3) is 0.244. The SMILES string of the molecule is CC(C)(C)[Si](OCc1ccccc1CC(=O)O[Si](c1ccccc1)(c1ccccc1)C(C)(C)C)(c1ccccc1)c1ccccc1. The van der Waals surface area contributed by atoms with E-state index in [-0.39, 0.29) is 22.5 Å². The quantitative estimate of drug-likeness (QED) is 0.149. The van der Waals surface area contributed by atoms with Gasteiger partial charge in [0.2, 0.25) is 0 Å². The van der Waals surface area contributed by atoms with Crippen molar-refractivity contribution >= 4 is 43.4 Å². The Labute approximate surface area is 277 Å². The molecule has 0 fully saturated rings. The van der Waals surface area contributed by atoms with Crippen LogP contribution in [0.5, 0.6) is 0 Å². The van der Waals surface area contributed by atoms with Gasteiger partial charge in [0, 0.05) is 0 Å². The number of hydrogen-bond donors (Lipinski definition) is 0. The molecule has 0 saturated carbocycles. The van der Waals surface area contributed by atoms with Crippen LogP contribution in [0.3, 0.4) is 0 Å². The van der Waals surface area contributed by atoms with Gasteiger partial charge in [0.1, 0.15) is 0 Å². The van der Waals surface area contributed by atoms with Crippen molar-refractivity contribution in [2.24, 2.45) is 0 Å². The molecule has 0 heterocycles. The van der Waals surface area contributed by atoms with Gasteiger partial charge in [-0.25, -0.2) is 0 Å². The average Bonchev–Trinajstić information content (AvgIpc) is 3.05. The number of carbonyl (C=O) groups excluding carboxylic acids is 1. The van der Waals surface area contributed by atoms with Crippen molar-refractivity contribution in [3.63, 3.8) is 0 Å². The Bertz CT molecular complexity index is 1630. The Morgan fingerprint density at radius 2 is 0.804 bits per heavy atom. The lowest BCUT2D eigenvalue weighted by Crippen LogP contribution is -2.67. The number of benzene rings is 5. The van der Waals surface area contributed by atoms with Gasteiger partial charge in [-0.1, -0.05) is 187 Å². The van der Waals surface area contributed by atoms with Gasteiger partial charge in [-0.3, -0.25) is 4.79 Å². The highest BCUT2D eigenvalue weighted by atomic mass is 28.4. The summed E-state index contributed by atoms with van der Waals surface area (Å²) in [4.78, 5) is 14.2. The highest BCUT2D eigenvalue weighted by molar-refractivity contribution is 7.00. The summed E-state index contributed by atoms with van der Waals surface area (Å²) in [5.41, 5.74) is 1.94. The van der Waals surface area contributed by atoms with E-state index < -0.39 is 16.6 Å². The topological polar surface area (TPSA) is 35.5 Å². The molecule has 3 nitrogen and oxygen atoms in total. The summed E-state index contributed by atoms with van der Waals surface area (Å²) < 4.78 is 14.1. The predicted octanol–water partition coefficient (Wildman–Crippen LogP) is 7.41. The molecule has 0 unspecified atom stereocenters. The van der Waals surface area contributed by atoms with Crippen LogP contribution in [-0.2, 0) is 26.7 Å². The van der Waals surface area contributed by atoms with E-state index in [2.05, 4.69) is 133 Å². The van der Waals surface area contributed by atoms with Gasteiger partial charge in [0.15, 0.2) is 0 Å². The maximum Gasteiger partial charge on any atom is 0.323 e. The summed E-state index contributed by atoms with van der Waals surface area (Å²) in [5, 5.41) is 4.20. The molecular weight excluding hydrogens is 597 g/mol. The first-order chi connectivity index (χ1) is 22.0. The van der Waals surface area contributed by atoms with E-state index in [0.717, 1.165) is 21.5 Å². The summed E-state index contributed by atoms with van der Waals surface area (Å²) in [6, 6.07) is 50.1. The summed E-state index contributed by atoms with van der Waals surface area (Å²) in [6.45, 7) is 13.8. The zero-order valence-corrected chi connectivity index (χ0v) is 30.0. The molecule has 0 aromatic heterocycles. The van der Waals surface area contributed by atoms with Crippen LogP contribution in [0.4, 0.5) is 0 Å². The van der Waals surface area contributed by atoms with Crippen LogP contribution >= 0.6 is 0 Å². The Morgan fingerprint density at radius 3 is 1.17 bits per heavy atom. The molecule has 0 aliphatic rings. The number of carbonyl (C=O) groups is 1. The maximum absolute atomic E-state index is 14.2. The van der Waals surface area contributed by atoms with E-state index in [0.29, 0.717) is 6.61 Å². The molecule has 236 valence electrons. The predicted molar refractivity (Wildman–Crippen MR) is 196 cm³/mol. The summed E-state index contributed by atoms with van der Waals surface area (Å²) in [5.74, 6) is -0.216. The van der Waals surface area contributed by atoms with Gasteiger partial charge >= 0.3 is 8.32 Å². The normalized spacial score (nSPS) is 12.5. The minimum atomic E-state index is -3.02. The van der Waals surface area contributed by atoms with Crippen LogP contribution in [0.25, 0.3) is 0 Å². The highest BCUT2D eigenvalue weighted by Gasteiger charge is 2.53. The first kappa shape index (κ1) is 33.3. The van der Waals surface area contributed by atoms with E-state index in [1.165, 1.54) is 10.4 Å². The molecule has 0 amide bonds. The molecule has 0 N–H and O–H groups in total. The van der Waals surface area contributed by atoms with E-state index in [1.54, 1.807) is 0 Å². The molecule has 0 saturated heterocycles. The van der Waals surface area contributed by atoms with Crippen molar-refractivity contribution in [2.45, 2.75) is 64.6 Å². The second kappa shape index (κ2) is 13.8. The summed E-state index contributed by atoms with van der Waals surface area (Å²) in [7, 11) is -5.77. The molecule has 5 heteroatoms. The van der Waals surface area contributed by atoms with Gasteiger partial charge < -0.3 is 8.85 Å². The molecule has 0 spiro atoms. The number of hydrogen-bond acceptors (Lipinski definition) is 3. The molecule has 0 aliphatic carbocycles. The van der Waals surface area contributed by atoms with Gasteiger partial charge in [0.25, 0.3) is 14.3 Å². The molecule has 0 atom stereocenters. The van der Waals surface area contributed by atoms with E-state index in [4.69, 9.17) is 8.85 Å². The molecule has 5 aromatic carbocycles. The molecule has 5 rings (SSSR count). The molecule has 0 radical (unpaired) electrons. The first-order valence-electron chi connectivity index (χ1n) is 16.1. The molecule has 46 heavy (non-hydrogen) atoms. The fourth-order valence-electron chi connectivity index (χ4n) is 6.83. The molecular formula is C41H46O3Si2. The van der Waals surface area contributed by atoms with Crippen LogP contribution in [0, 0.1) is 0 Å². The first-order valence-corrected chi connectivity index (χ1v) is 20.0. The van der Waals surface area contributed by atoms with Crippen molar-refractivity contribution in [3.05, 3.63) is 157 Å². The monoisotopic (exact) mass is 642 g/mol. The third-order valence-electron chi connectivity index (χ3n) is 9.00. The van der Waals surface area contributed by atoms with E-state index in [1.807, 2.05) is 54.6 Å². The minimum Gasteiger partial charge on any atom is -0.509 e. The Morgan fingerprint density at radius 1 is 0.478 bits per heavy atom. The Hall–Kier alpha value is -4.04. The largest absolute Gasteiger partial charge is 0.509 e. The van der Waals surface area contributed by atoms with Gasteiger partial charge in [-0.2, -0.15) is 0 Å². The van der Waals surface area contributed by atoms with Crippen molar-refractivity contribution in [1.29, 1.82) is 0 Å². The second-order valence-electron chi connectivity index (χ2n) is 14.0. The second-order valence-corrected chi connectivity index (χ2v) is 22.6. The van der Waals surface area contributed by atoms with Gasteiger partial charge in [-0.05, 0) is 42.0 Å². The lowest BCUT2D eigenvalue weighted by atomic mass is 10.1. The van der Waals surface area contributed by atoms with Crippen molar-refractivity contribution in [1.82, 2.24) is 0 Å². The van der Waals surface area contributed by atoms with E-state index >= 15 is 0 Å². The van der Waals surface area contributed by atoms with Crippen LogP contribution in [0.15, 0.2) is 146 Å². The smallest absolute Gasteiger partial charge is 0.323 e. The average molecular weight is 643 g/mol. The lowest BCUT2D eigenvalue weighted by molar-refractivity contribution is -0.134. The van der Waals surface area contributed by atoms with Crippen molar-refractivity contribution in [2.75, 3.05) is 0 Å². The van der Waals surface area contributed by atoms with Crippen LogP contribution < -0.4 is 20.7 Å². The molecule has 0 bridgehead atoms. The van der Waals surface area contributed by atoms with Crippen LogP contribution in [0.2, 0.25) is 10.1 Å². The van der Waals surface area contributed by atoms with Crippen LogP contribution in [0.1, 0.15) is 52.7 Å². The number of rotatable bonds is 10. The zero-order chi connectivity index (χ0) is 32.8. The summed E-state index contributed by atoms with van der Waals surface area (Å²) >= 11 is 0. The highest BCUT2D eigenvalue weighted by Crippen LogP contribution is 2.38. The van der Waals surface area contributed by atoms with Gasteiger partial charge in [-0.15, -0.1) is 0 Å². The lowest BCUT2D eigenvalue weighted by Gasteiger charge is -2.43. The minimum absolute atomic E-state index is 0.146. The molecule has 0 aliphatic heterocycles. The summed E-state index contributed by atoms with van der Waals surface area (Å²) in [6.07, 6.45) is 0.171. The Kier molecular flexibility index (Phi) is 9.97. The third-order valence-corrected chi connectivity index (χ3v) is 18.9. The van der Waals surface area contributed by atoms with E-state index in [9.17, 15) is 4.79 Å². The fourth-order valence-corrected chi connectivity index (χ4v) is 15.7. The zero-order valence-electron chi connectivity index (χ0n) is 28.0. The standard InChI is InChI=1S/C41H46O3Si2/c1-40(2,3)45(35-23-11-7-12-24-35,36-25-13-8-14-26-36)43-32-34-22-20-19-21-33(34)31-39(42)44-46(41(4,5)6,37-27-15-9-16-28-37)38-29-17-10-18-30-38/h7-30H,31-32H2,1-6H3. The molecule has 5 aromatic rings. The maximum atomic E-state index is 14.2. The Balaban J connectivity index is 1.50.